The number of anilines is 4. The molecule has 58 heteroatoms. The van der Waals surface area contributed by atoms with Gasteiger partial charge in [-0.15, -0.1) is 92.2 Å². The second-order valence-corrected chi connectivity index (χ2v) is 32.3. The Kier molecular flexibility index (Phi) is 49.2. The number of epoxide rings is 1. The molecule has 5 aliphatic rings. The average molecular weight is 2370 g/mol. The second kappa shape index (κ2) is 55.4. The first-order valence-electron chi connectivity index (χ1n) is 40.7. The SMILES string of the molecule is CCC1CCc2c(-c3cccc(OC(F)(F)F)c3)cccc2N1CC(O)C(F)(F)F.CCC1CCc2c(-c3cccc(OC(F)(F)F)c3)cccc2N1CC(O)C(F)(F)F.CCC1CCc2c(Br)cccc2N1.CCC1CCc2c(cccc2-c2cccc(OC(F)(F)F)c2)N1.FC(F)(F)C1CO1.O=[S-](=O)OC(F)(F)F.O=[S-](=O)OC(F)(F)F.O=[S-](=O)OC(F)(F)F.OB(O)c1cccc(OC(F)(F)F)c1.[Yb+3]. The van der Waals surface area contributed by atoms with Crippen molar-refractivity contribution in [2.75, 3.05) is 40.1 Å². The summed E-state index contributed by atoms with van der Waals surface area (Å²) in [5.41, 5.74) is 11.4. The van der Waals surface area contributed by atoms with E-state index in [9.17, 15) is 142 Å². The third-order valence-electron chi connectivity index (χ3n) is 19.9. The number of β-amino-alcohol motifs (C(OH)–C–C–N with tert-alkyl or cyclic N) is 2. The molecule has 5 heterocycles. The zero-order chi connectivity index (χ0) is 107. The number of nitrogens with zero attached hydrogens (tertiary/aromatic N) is 2. The van der Waals surface area contributed by atoms with E-state index in [0.29, 0.717) is 84.2 Å². The van der Waals surface area contributed by atoms with Crippen LogP contribution in [0.3, 0.4) is 0 Å². The summed E-state index contributed by atoms with van der Waals surface area (Å²) in [4.78, 5) is 3.10. The molecular weight excluding hydrogens is 2280 g/mol. The topological polar surface area (TPSA) is 291 Å². The molecule has 0 aromatic heterocycles. The summed E-state index contributed by atoms with van der Waals surface area (Å²) >= 11 is 3.58. The molecule has 22 nitrogen and oxygen atoms in total. The number of ether oxygens (including phenoxy) is 5. The zero-order valence-electron chi connectivity index (χ0n) is 73.0. The molecule has 799 valence electrons. The second-order valence-electron chi connectivity index (χ2n) is 29.7. The van der Waals surface area contributed by atoms with Gasteiger partial charge in [-0.2, -0.15) is 39.5 Å². The summed E-state index contributed by atoms with van der Waals surface area (Å²) in [6.45, 7) is 6.76. The summed E-state index contributed by atoms with van der Waals surface area (Å²) in [7, 11) is -12.3. The monoisotopic (exact) mass is 2370 g/mol. The van der Waals surface area contributed by atoms with E-state index in [4.69, 9.17) is 35.3 Å². The van der Waals surface area contributed by atoms with Crippen molar-refractivity contribution in [3.8, 4) is 56.4 Å². The van der Waals surface area contributed by atoms with Crippen LogP contribution in [0.5, 0.6) is 23.0 Å². The minimum Gasteiger partial charge on any atom is -0.423 e. The number of halogens is 31. The normalized spacial score (nSPS) is 17.1. The van der Waals surface area contributed by atoms with Crippen LogP contribution in [0.2, 0.25) is 0 Å². The van der Waals surface area contributed by atoms with Crippen LogP contribution in [0.1, 0.15) is 101 Å². The smallest absolute Gasteiger partial charge is 0.423 e. The number of fused-ring (bicyclic) bond motifs is 4. The molecule has 0 saturated carbocycles. The molecular formula is C84H83BBrF30N4O18S3Yb. The largest absolute Gasteiger partial charge is 3.00 e. The molecule has 6 N–H and O–H groups in total. The third-order valence-corrected chi connectivity index (χ3v) is 21.6. The minimum absolute atomic E-state index is 0. The summed E-state index contributed by atoms with van der Waals surface area (Å²) in [5, 5.41) is 43.6. The number of hydrogen-bond acceptors (Lipinski definition) is 25. The molecule has 1 saturated heterocycles. The fourth-order valence-electron chi connectivity index (χ4n) is 14.0. The molecule has 0 aliphatic carbocycles. The Hall–Kier alpha value is -8.35. The molecule has 1 fully saturated rings. The van der Waals surface area contributed by atoms with Gasteiger partial charge in [0.15, 0.2) is 18.3 Å². The van der Waals surface area contributed by atoms with Crippen LogP contribution >= 0.6 is 15.9 Å². The van der Waals surface area contributed by atoms with Crippen LogP contribution in [-0.4, -0.2) is 153 Å². The fourth-order valence-corrected chi connectivity index (χ4v) is 15.0. The van der Waals surface area contributed by atoms with Crippen molar-refractivity contribution in [3.63, 3.8) is 0 Å². The van der Waals surface area contributed by atoms with Crippen molar-refractivity contribution < 1.29 is 260 Å². The van der Waals surface area contributed by atoms with Crippen molar-refractivity contribution in [1.29, 1.82) is 0 Å². The Morgan fingerprint density at radius 1 is 0.387 bits per heavy atom. The first kappa shape index (κ1) is 126. The van der Waals surface area contributed by atoms with E-state index in [1.54, 1.807) is 64.4 Å². The Balaban J connectivity index is 0.000000350. The van der Waals surface area contributed by atoms with Crippen molar-refractivity contribution >= 4 is 84.2 Å². The molecule has 7 atom stereocenters. The van der Waals surface area contributed by atoms with Gasteiger partial charge in [0.2, 0.25) is 0 Å². The summed E-state index contributed by atoms with van der Waals surface area (Å²) in [6.07, 6.45) is -44.3. The van der Waals surface area contributed by atoms with Crippen molar-refractivity contribution in [1.82, 2.24) is 0 Å². The van der Waals surface area contributed by atoms with Crippen LogP contribution in [0.15, 0.2) is 174 Å². The van der Waals surface area contributed by atoms with Gasteiger partial charge in [-0.3, -0.25) is 0 Å². The average Bonchev–Trinajstić information content (AvgIpc) is 0.858. The predicted octanol–water partition coefficient (Wildman–Crippen LogP) is 23.8. The Bertz CT molecular complexity index is 5270. The van der Waals surface area contributed by atoms with Gasteiger partial charge < -0.3 is 102 Å². The molecule has 0 bridgehead atoms. The maximum Gasteiger partial charge on any atom is 3.00 e. The maximum absolute atomic E-state index is 13.0. The van der Waals surface area contributed by atoms with Gasteiger partial charge in [0.25, 0.3) is 0 Å². The summed E-state index contributed by atoms with van der Waals surface area (Å²) < 4.78 is 437. The van der Waals surface area contributed by atoms with Gasteiger partial charge in [-0.05, 0) is 217 Å². The van der Waals surface area contributed by atoms with Crippen LogP contribution in [0.25, 0.3) is 33.4 Å². The third kappa shape index (κ3) is 46.6. The fraction of sp³-hybridized carbons (Fsp3) is 0.429. The molecule has 8 aromatic rings. The summed E-state index contributed by atoms with van der Waals surface area (Å²) in [5.74, 6) is -1.42. The quantitative estimate of drug-likeness (QED) is 0.0190. The van der Waals surface area contributed by atoms with Gasteiger partial charge in [0.1, 0.15) is 23.0 Å². The van der Waals surface area contributed by atoms with E-state index < -0.39 is 140 Å². The van der Waals surface area contributed by atoms with E-state index in [1.165, 1.54) is 95.6 Å². The van der Waals surface area contributed by atoms with Crippen molar-refractivity contribution in [3.05, 3.63) is 197 Å². The van der Waals surface area contributed by atoms with Gasteiger partial charge in [0, 0.05) is 51.4 Å². The van der Waals surface area contributed by atoms with Gasteiger partial charge in [0.05, 0.1) is 52.7 Å². The van der Waals surface area contributed by atoms with E-state index >= 15 is 0 Å². The molecule has 142 heavy (non-hydrogen) atoms. The van der Waals surface area contributed by atoms with Crippen molar-refractivity contribution in [2.24, 2.45) is 0 Å². The first-order chi connectivity index (χ1) is 65.0. The maximum atomic E-state index is 13.0. The van der Waals surface area contributed by atoms with Crippen LogP contribution in [0.4, 0.5) is 154 Å². The standard InChI is InChI=1S/2C21H21F6NO2.C18H18F3NO.C11H14BrN.C7H6BF3O3.C3H3F3O.3CF3O3S.Yb/c2*1-2-14-9-10-17-16(13-5-3-6-15(11-13)30-21(25,26)27)7-4-8-18(17)28(14)12-19(29)20(22,23)24;1-2-13-9-10-16-15(7-4-8-17(16)22-13)12-5-3-6-14(11-12)23-18(19,20)21;1-2-8-6-7-9-10(12)4-3-5-11(9)13-8;9-7(10,11)14-6-3-1-2-5(4-6)8(12)13;4-3(5,6)2-1-7-2;3*2-1(3,4)7-8(5)6;/h2*3-8,11,14,19,29H,2,9-10,12H2,1H3;3-8,11,13,22H,2,9-10H2,1H3;3-5,8,13H,2,6-7H2,1H3;1-4,12-13H;2H,1H2;;;;/q;;;;;;3*-1;+3. The van der Waals surface area contributed by atoms with E-state index in [-0.39, 0.29) is 88.3 Å². The minimum atomic E-state index is -5.09. The predicted molar refractivity (Wildman–Crippen MR) is 452 cm³/mol. The molecule has 5 aliphatic heterocycles. The molecule has 13 rings (SSSR count). The number of rotatable bonds is 19. The number of aliphatic hydroxyl groups is 2. The van der Waals surface area contributed by atoms with Crippen LogP contribution < -0.4 is 44.8 Å². The Morgan fingerprint density at radius 3 is 0.951 bits per heavy atom. The Morgan fingerprint density at radius 2 is 0.676 bits per heavy atom. The molecule has 0 amide bonds. The van der Waals surface area contributed by atoms with Gasteiger partial charge >= 0.3 is 117 Å². The van der Waals surface area contributed by atoms with E-state index in [0.717, 1.165) is 64.9 Å². The molecule has 7 unspecified atom stereocenters. The van der Waals surface area contributed by atoms with Crippen LogP contribution in [-0.2, 0) is 101 Å². The van der Waals surface area contributed by atoms with E-state index in [1.807, 2.05) is 38.1 Å². The zero-order valence-corrected chi connectivity index (χ0v) is 78.7. The first-order valence-corrected chi connectivity index (χ1v) is 44.5. The number of aliphatic hydroxyl groups excluding tert-OH is 2. The van der Waals surface area contributed by atoms with E-state index in [2.05, 4.69) is 94.8 Å². The number of alkyl halides is 30. The molecule has 1 radical (unpaired) electrons. The molecule has 8 aromatic carbocycles. The Labute approximate surface area is 842 Å². The van der Waals surface area contributed by atoms with Gasteiger partial charge in [-0.25, -0.2) is 0 Å². The van der Waals surface area contributed by atoms with Crippen molar-refractivity contribution in [2.45, 2.75) is 210 Å². The number of nitrogens with one attached hydrogen (secondary N) is 2. The number of benzene rings is 8. The van der Waals surface area contributed by atoms with Gasteiger partial charge in [-0.1, -0.05) is 135 Å². The summed E-state index contributed by atoms with van der Waals surface area (Å²) in [6, 6.07) is 44.8. The molecule has 0 spiro atoms. The number of hydrogen-bond donors (Lipinski definition) is 6. The van der Waals surface area contributed by atoms with Crippen LogP contribution in [0, 0.1) is 46.9 Å².